The fourth-order valence-electron chi connectivity index (χ4n) is 5.08. The van der Waals surface area contributed by atoms with E-state index in [1.807, 2.05) is 19.1 Å². The summed E-state index contributed by atoms with van der Waals surface area (Å²) in [6, 6.07) is 12.7. The van der Waals surface area contributed by atoms with Crippen LogP contribution in [0.1, 0.15) is 105 Å². The van der Waals surface area contributed by atoms with Gasteiger partial charge >= 0.3 is 59.1 Å². The number of aryl methyl sites for hydroxylation is 2. The zero-order chi connectivity index (χ0) is 31.2. The topological polar surface area (TPSA) is 131 Å². The van der Waals surface area contributed by atoms with Crippen molar-refractivity contribution in [2.24, 2.45) is 0 Å². The molecule has 0 radical (unpaired) electrons. The summed E-state index contributed by atoms with van der Waals surface area (Å²) < 4.78 is 5.63. The van der Waals surface area contributed by atoms with Crippen LogP contribution in [0.2, 0.25) is 0 Å². The predicted octanol–water partition coefficient (Wildman–Crippen LogP) is -0.525. The molecule has 45 heavy (non-hydrogen) atoms. The molecule has 232 valence electrons. The summed E-state index contributed by atoms with van der Waals surface area (Å²) in [6.45, 7) is 4.19. The van der Waals surface area contributed by atoms with Crippen LogP contribution in [0.4, 0.5) is 0 Å². The Morgan fingerprint density at radius 1 is 0.911 bits per heavy atom. The van der Waals surface area contributed by atoms with Crippen LogP contribution in [0.5, 0.6) is 0 Å². The van der Waals surface area contributed by atoms with Crippen LogP contribution in [-0.4, -0.2) is 28.4 Å². The molecule has 0 saturated carbocycles. The normalized spacial score (nSPS) is 12.4. The number of unbranched alkanes of at least 4 members (excludes halogenated alkanes) is 5. The fourth-order valence-corrected chi connectivity index (χ4v) is 6.30. The van der Waals surface area contributed by atoms with Gasteiger partial charge in [0.2, 0.25) is 0 Å². The standard InChI is InChI=1S/C35H44O7S.2Na/c1-3-5-6-7-8-9-12-24-15-17-25(18-16-24)19-21-32(28(36)13-10-14-33(38)39)43-31-22-20-26-29(37)23-30(35(40)41)42-34(26)27(31)11-4-2;;/h15-23,28,32,36H,3-14H2,1-2H3,(H,38,39)(H,40,41);;/q;2*+1/p-2/b21-19+;;/t28-,32+;;/m0../s1. The molecule has 0 fully saturated rings. The molecule has 0 aliphatic carbocycles. The number of fused-ring (bicyclic) bond motifs is 1. The van der Waals surface area contributed by atoms with E-state index in [9.17, 15) is 29.7 Å². The summed E-state index contributed by atoms with van der Waals surface area (Å²) in [5.41, 5.74) is 2.70. The van der Waals surface area contributed by atoms with E-state index in [1.54, 1.807) is 12.1 Å². The second-order valence-corrected chi connectivity index (χ2v) is 12.2. The molecule has 0 spiro atoms. The number of carboxylic acids is 2. The summed E-state index contributed by atoms with van der Waals surface area (Å²) in [4.78, 5) is 35.8. The third kappa shape index (κ3) is 13.7. The van der Waals surface area contributed by atoms with Crippen LogP contribution in [0.3, 0.4) is 0 Å². The average molecular weight is 653 g/mol. The molecule has 2 atom stereocenters. The Morgan fingerprint density at radius 2 is 1.60 bits per heavy atom. The molecule has 3 rings (SSSR count). The minimum Gasteiger partial charge on any atom is -0.550 e. The molecule has 0 saturated heterocycles. The summed E-state index contributed by atoms with van der Waals surface area (Å²) in [6.07, 6.45) is 13.2. The molecule has 2 aromatic carbocycles. The summed E-state index contributed by atoms with van der Waals surface area (Å²) in [7, 11) is 0. The number of aliphatic hydroxyl groups is 1. The van der Waals surface area contributed by atoms with Crippen molar-refractivity contribution in [1.29, 1.82) is 0 Å². The van der Waals surface area contributed by atoms with Gasteiger partial charge in [-0.15, -0.1) is 11.8 Å². The summed E-state index contributed by atoms with van der Waals surface area (Å²) in [5, 5.41) is 33.4. The molecule has 0 unspecified atom stereocenters. The molecular weight excluding hydrogens is 610 g/mol. The predicted molar refractivity (Wildman–Crippen MR) is 168 cm³/mol. The number of rotatable bonds is 19. The number of aromatic carboxylic acids is 1. The molecule has 3 aromatic rings. The Balaban J connectivity index is 0.00000506. The first-order valence-electron chi connectivity index (χ1n) is 15.4. The monoisotopic (exact) mass is 652 g/mol. The van der Waals surface area contributed by atoms with Gasteiger partial charge in [-0.25, -0.2) is 0 Å². The second-order valence-electron chi connectivity index (χ2n) is 11.0. The van der Waals surface area contributed by atoms with Gasteiger partial charge in [0.25, 0.3) is 0 Å². The maximum atomic E-state index is 12.6. The molecule has 0 aliphatic rings. The van der Waals surface area contributed by atoms with Gasteiger partial charge in [-0.1, -0.05) is 88.8 Å². The number of hydrogen-bond acceptors (Lipinski definition) is 8. The maximum Gasteiger partial charge on any atom is 1.00 e. The van der Waals surface area contributed by atoms with Crippen LogP contribution in [-0.2, 0) is 17.6 Å². The van der Waals surface area contributed by atoms with E-state index in [0.717, 1.165) is 22.9 Å². The van der Waals surface area contributed by atoms with Crippen LogP contribution >= 0.6 is 11.8 Å². The zero-order valence-electron chi connectivity index (χ0n) is 27.1. The molecule has 7 nitrogen and oxygen atoms in total. The van der Waals surface area contributed by atoms with Gasteiger partial charge in [0.1, 0.15) is 11.6 Å². The number of carboxylic acid groups (broad SMARTS) is 2. The number of aliphatic carboxylic acids is 1. The van der Waals surface area contributed by atoms with Crippen LogP contribution in [0.25, 0.3) is 17.0 Å². The van der Waals surface area contributed by atoms with E-state index in [4.69, 9.17) is 4.42 Å². The van der Waals surface area contributed by atoms with Gasteiger partial charge in [0.05, 0.1) is 16.7 Å². The number of carbonyl (C=O) groups is 2. The van der Waals surface area contributed by atoms with Gasteiger partial charge in [0, 0.05) is 22.5 Å². The molecule has 0 amide bonds. The summed E-state index contributed by atoms with van der Waals surface area (Å²) >= 11 is 1.37. The van der Waals surface area contributed by atoms with Crippen molar-refractivity contribution in [1.82, 2.24) is 0 Å². The van der Waals surface area contributed by atoms with E-state index in [0.29, 0.717) is 18.4 Å². The van der Waals surface area contributed by atoms with Crippen LogP contribution in [0.15, 0.2) is 62.6 Å². The first kappa shape index (κ1) is 41.7. The van der Waals surface area contributed by atoms with Crippen molar-refractivity contribution in [2.75, 3.05) is 0 Å². The number of aliphatic hydroxyl groups excluding tert-OH is 1. The van der Waals surface area contributed by atoms with Crippen molar-refractivity contribution in [3.63, 3.8) is 0 Å². The zero-order valence-corrected chi connectivity index (χ0v) is 32.0. The Morgan fingerprint density at radius 3 is 2.24 bits per heavy atom. The minimum atomic E-state index is -1.57. The van der Waals surface area contributed by atoms with Crippen molar-refractivity contribution in [2.45, 2.75) is 107 Å². The third-order valence-electron chi connectivity index (χ3n) is 7.46. The van der Waals surface area contributed by atoms with Crippen molar-refractivity contribution in [3.8, 4) is 0 Å². The SMILES string of the molecule is CCCCCCCCc1ccc(/C=C/[C@@H](Sc2ccc3c(=O)cc(C(=O)[O-])oc3c2CCC)[C@@H](O)CCCC(=O)[O-])cc1.[Na+].[Na+]. The van der Waals surface area contributed by atoms with Crippen LogP contribution < -0.4 is 74.8 Å². The Bertz CT molecular complexity index is 1440. The van der Waals surface area contributed by atoms with E-state index < -0.39 is 34.5 Å². The van der Waals surface area contributed by atoms with E-state index in [2.05, 4.69) is 31.2 Å². The number of thioether (sulfide) groups is 1. The molecule has 0 bridgehead atoms. The molecule has 1 heterocycles. The van der Waals surface area contributed by atoms with Gasteiger partial charge in [-0.2, -0.15) is 0 Å². The molecule has 1 aromatic heterocycles. The maximum absolute atomic E-state index is 12.6. The second kappa shape index (κ2) is 22.3. The Labute approximate surface area is 314 Å². The van der Waals surface area contributed by atoms with Crippen molar-refractivity contribution >= 4 is 40.7 Å². The number of hydrogen-bond donors (Lipinski definition) is 1. The Hall–Kier alpha value is -1.36. The van der Waals surface area contributed by atoms with Crippen molar-refractivity contribution in [3.05, 3.63) is 81.2 Å². The first-order chi connectivity index (χ1) is 20.7. The van der Waals surface area contributed by atoms with Crippen molar-refractivity contribution < 1.29 is 88.4 Å². The largest absolute Gasteiger partial charge is 1.00 e. The fraction of sp³-hybridized carbons (Fsp3) is 0.457. The van der Waals surface area contributed by atoms with Gasteiger partial charge < -0.3 is 29.3 Å². The summed E-state index contributed by atoms with van der Waals surface area (Å²) in [5.74, 6) is -3.26. The number of carbonyl (C=O) groups excluding carboxylic acids is 2. The van der Waals surface area contributed by atoms with E-state index in [1.165, 1.54) is 55.9 Å². The number of benzene rings is 2. The molecule has 0 aliphatic heterocycles. The molecule has 1 N–H and O–H groups in total. The average Bonchev–Trinajstić information content (AvgIpc) is 2.98. The third-order valence-corrected chi connectivity index (χ3v) is 8.84. The minimum absolute atomic E-state index is 0. The quantitative estimate of drug-likeness (QED) is 0.104. The first-order valence-corrected chi connectivity index (χ1v) is 16.2. The van der Waals surface area contributed by atoms with E-state index in [-0.39, 0.29) is 89.3 Å². The molecule has 10 heteroatoms. The Kier molecular flexibility index (Phi) is 20.6. The van der Waals surface area contributed by atoms with Crippen LogP contribution in [0, 0.1) is 0 Å². The van der Waals surface area contributed by atoms with Gasteiger partial charge in [-0.3, -0.25) is 4.79 Å². The van der Waals surface area contributed by atoms with Gasteiger partial charge in [-0.05, 0) is 61.8 Å². The van der Waals surface area contributed by atoms with E-state index >= 15 is 0 Å². The van der Waals surface area contributed by atoms with Gasteiger partial charge in [0.15, 0.2) is 11.2 Å². The smallest absolute Gasteiger partial charge is 0.550 e. The molecular formula is C35H42Na2O7S.